The van der Waals surface area contributed by atoms with Crippen molar-refractivity contribution in [3.05, 3.63) is 30.1 Å². The maximum atomic E-state index is 13.1. The lowest BCUT2D eigenvalue weighted by molar-refractivity contribution is 0.227. The van der Waals surface area contributed by atoms with Crippen molar-refractivity contribution in [3.63, 3.8) is 0 Å². The van der Waals surface area contributed by atoms with Crippen LogP contribution in [-0.4, -0.2) is 17.8 Å². The molecule has 0 amide bonds. The monoisotopic (exact) mass is 251 g/mol. The van der Waals surface area contributed by atoms with Gasteiger partial charge in [0.25, 0.3) is 0 Å². The Morgan fingerprint density at radius 2 is 1.94 bits per heavy atom. The van der Waals surface area contributed by atoms with Crippen molar-refractivity contribution in [2.24, 2.45) is 5.92 Å². The summed E-state index contributed by atoms with van der Waals surface area (Å²) in [6.45, 7) is 0.112. The van der Waals surface area contributed by atoms with E-state index >= 15 is 0 Å². The van der Waals surface area contributed by atoms with Gasteiger partial charge in [-0.25, -0.2) is 4.39 Å². The second-order valence-corrected chi connectivity index (χ2v) is 5.20. The van der Waals surface area contributed by atoms with E-state index in [2.05, 4.69) is 5.32 Å². The van der Waals surface area contributed by atoms with Crippen molar-refractivity contribution in [2.75, 3.05) is 11.9 Å². The summed E-state index contributed by atoms with van der Waals surface area (Å²) in [5.41, 5.74) is 0.762. The highest BCUT2D eigenvalue weighted by Gasteiger charge is 2.22. The Kier molecular flexibility index (Phi) is 5.00. The number of rotatable bonds is 4. The Balaban J connectivity index is 1.99. The molecule has 1 aromatic rings. The molecule has 0 aromatic heterocycles. The number of aliphatic hydroxyl groups is 1. The minimum Gasteiger partial charge on any atom is -0.394 e. The molecule has 0 radical (unpaired) electrons. The molecule has 0 aliphatic heterocycles. The molecule has 1 aromatic carbocycles. The summed E-state index contributed by atoms with van der Waals surface area (Å²) < 4.78 is 13.1. The zero-order valence-corrected chi connectivity index (χ0v) is 10.7. The van der Waals surface area contributed by atoms with Gasteiger partial charge in [-0.1, -0.05) is 31.7 Å². The average molecular weight is 251 g/mol. The third-order valence-corrected chi connectivity index (χ3v) is 3.84. The van der Waals surface area contributed by atoms with Crippen LogP contribution in [-0.2, 0) is 0 Å². The van der Waals surface area contributed by atoms with Gasteiger partial charge in [-0.05, 0) is 37.0 Å². The molecule has 2 rings (SSSR count). The van der Waals surface area contributed by atoms with E-state index in [9.17, 15) is 9.50 Å². The van der Waals surface area contributed by atoms with E-state index in [0.717, 1.165) is 18.5 Å². The van der Waals surface area contributed by atoms with Crippen molar-refractivity contribution in [2.45, 2.75) is 44.6 Å². The molecule has 18 heavy (non-hydrogen) atoms. The number of benzene rings is 1. The van der Waals surface area contributed by atoms with E-state index in [0.29, 0.717) is 5.92 Å². The normalized spacial score (nSPS) is 19.2. The molecule has 0 heterocycles. The second kappa shape index (κ2) is 6.74. The molecule has 0 spiro atoms. The lowest BCUT2D eigenvalue weighted by Gasteiger charge is -2.26. The van der Waals surface area contributed by atoms with Crippen molar-refractivity contribution in [1.29, 1.82) is 0 Å². The Hall–Kier alpha value is -1.09. The van der Waals surface area contributed by atoms with Crippen LogP contribution in [0.15, 0.2) is 24.3 Å². The van der Waals surface area contributed by atoms with Crippen molar-refractivity contribution < 1.29 is 9.50 Å². The standard InChI is InChI=1S/C15H22FNO/c16-13-8-5-9-14(10-13)17-15(11-18)12-6-3-1-2-4-7-12/h5,8-10,12,15,17-18H,1-4,6-7,11H2. The molecule has 1 saturated carbocycles. The second-order valence-electron chi connectivity index (χ2n) is 5.20. The summed E-state index contributed by atoms with van der Waals surface area (Å²) in [6, 6.07) is 6.51. The molecule has 1 unspecified atom stereocenters. The molecule has 100 valence electrons. The highest BCUT2D eigenvalue weighted by Crippen LogP contribution is 2.27. The molecule has 1 aliphatic rings. The fourth-order valence-corrected chi connectivity index (χ4v) is 2.82. The maximum Gasteiger partial charge on any atom is 0.125 e. The summed E-state index contributed by atoms with van der Waals surface area (Å²) in [5.74, 6) is 0.262. The predicted molar refractivity (Wildman–Crippen MR) is 72.1 cm³/mol. The van der Waals surface area contributed by atoms with E-state index in [1.54, 1.807) is 6.07 Å². The fraction of sp³-hybridized carbons (Fsp3) is 0.600. The van der Waals surface area contributed by atoms with Crippen molar-refractivity contribution in [1.82, 2.24) is 0 Å². The first-order valence-corrected chi connectivity index (χ1v) is 6.92. The van der Waals surface area contributed by atoms with Gasteiger partial charge in [0, 0.05) is 5.69 Å². The molecule has 2 nitrogen and oxygen atoms in total. The van der Waals surface area contributed by atoms with Gasteiger partial charge in [-0.15, -0.1) is 0 Å². The maximum absolute atomic E-state index is 13.1. The molecule has 0 bridgehead atoms. The van der Waals surface area contributed by atoms with E-state index in [-0.39, 0.29) is 18.5 Å². The van der Waals surface area contributed by atoms with Crippen LogP contribution < -0.4 is 5.32 Å². The smallest absolute Gasteiger partial charge is 0.125 e. The van der Waals surface area contributed by atoms with Crippen LogP contribution in [0, 0.1) is 11.7 Å². The van der Waals surface area contributed by atoms with Gasteiger partial charge in [0.05, 0.1) is 12.6 Å². The lowest BCUT2D eigenvalue weighted by Crippen LogP contribution is -2.32. The zero-order valence-electron chi connectivity index (χ0n) is 10.7. The number of aliphatic hydroxyl groups excluding tert-OH is 1. The van der Waals surface area contributed by atoms with Gasteiger partial charge in [-0.2, -0.15) is 0 Å². The Morgan fingerprint density at radius 1 is 1.22 bits per heavy atom. The summed E-state index contributed by atoms with van der Waals surface area (Å²) in [7, 11) is 0. The Bertz CT molecular complexity index is 361. The molecular formula is C15H22FNO. The van der Waals surface area contributed by atoms with E-state index < -0.39 is 0 Å². The average Bonchev–Trinajstić information content (AvgIpc) is 2.65. The summed E-state index contributed by atoms with van der Waals surface area (Å²) in [4.78, 5) is 0. The van der Waals surface area contributed by atoms with Crippen molar-refractivity contribution >= 4 is 5.69 Å². The van der Waals surface area contributed by atoms with Gasteiger partial charge in [0.2, 0.25) is 0 Å². The zero-order chi connectivity index (χ0) is 12.8. The van der Waals surface area contributed by atoms with E-state index in [1.807, 2.05) is 6.07 Å². The summed E-state index contributed by atoms with van der Waals surface area (Å²) in [6.07, 6.45) is 7.41. The largest absolute Gasteiger partial charge is 0.394 e. The van der Waals surface area contributed by atoms with Gasteiger partial charge in [-0.3, -0.25) is 0 Å². The third kappa shape index (κ3) is 3.70. The molecule has 2 N–H and O–H groups in total. The Labute approximate surface area is 108 Å². The van der Waals surface area contributed by atoms with Crippen LogP contribution in [0.5, 0.6) is 0 Å². The van der Waals surface area contributed by atoms with Crippen LogP contribution >= 0.6 is 0 Å². The summed E-state index contributed by atoms with van der Waals surface area (Å²) in [5, 5.41) is 12.8. The van der Waals surface area contributed by atoms with E-state index in [1.165, 1.54) is 37.8 Å². The van der Waals surface area contributed by atoms with Crippen LogP contribution in [0.3, 0.4) is 0 Å². The van der Waals surface area contributed by atoms with Gasteiger partial charge in [0.15, 0.2) is 0 Å². The molecule has 1 aliphatic carbocycles. The minimum atomic E-state index is -0.238. The quantitative estimate of drug-likeness (QED) is 0.802. The first-order valence-electron chi connectivity index (χ1n) is 6.92. The number of anilines is 1. The highest BCUT2D eigenvalue weighted by atomic mass is 19.1. The third-order valence-electron chi connectivity index (χ3n) is 3.84. The van der Waals surface area contributed by atoms with Gasteiger partial charge in [0.1, 0.15) is 5.82 Å². The molecule has 1 atom stereocenters. The topological polar surface area (TPSA) is 32.3 Å². The molecular weight excluding hydrogens is 229 g/mol. The first kappa shape index (κ1) is 13.3. The molecule has 3 heteroatoms. The number of hydrogen-bond donors (Lipinski definition) is 2. The SMILES string of the molecule is OCC(Nc1cccc(F)c1)C1CCCCCC1. The molecule has 0 saturated heterocycles. The number of nitrogens with one attached hydrogen (secondary N) is 1. The Morgan fingerprint density at radius 3 is 2.56 bits per heavy atom. The minimum absolute atomic E-state index is 0.0462. The van der Waals surface area contributed by atoms with Crippen molar-refractivity contribution in [3.8, 4) is 0 Å². The van der Waals surface area contributed by atoms with Crippen LogP contribution in [0.1, 0.15) is 38.5 Å². The van der Waals surface area contributed by atoms with Crippen LogP contribution in [0.25, 0.3) is 0 Å². The molecule has 1 fully saturated rings. The van der Waals surface area contributed by atoms with Crippen LogP contribution in [0.4, 0.5) is 10.1 Å². The van der Waals surface area contributed by atoms with Crippen LogP contribution in [0.2, 0.25) is 0 Å². The van der Waals surface area contributed by atoms with E-state index in [4.69, 9.17) is 0 Å². The predicted octanol–water partition coefficient (Wildman–Crippen LogP) is 3.57. The van der Waals surface area contributed by atoms with Gasteiger partial charge >= 0.3 is 0 Å². The summed E-state index contributed by atoms with van der Waals surface area (Å²) >= 11 is 0. The number of halogens is 1. The number of hydrogen-bond acceptors (Lipinski definition) is 2. The highest BCUT2D eigenvalue weighted by molar-refractivity contribution is 5.44. The van der Waals surface area contributed by atoms with Gasteiger partial charge < -0.3 is 10.4 Å². The lowest BCUT2D eigenvalue weighted by atomic mass is 9.92. The fourth-order valence-electron chi connectivity index (χ4n) is 2.82. The first-order chi connectivity index (χ1) is 8.79.